The normalized spacial score (nSPS) is 10.7. The summed E-state index contributed by atoms with van der Waals surface area (Å²) in [6, 6.07) is 3.53. The van der Waals surface area contributed by atoms with Gasteiger partial charge in [-0.3, -0.25) is 9.78 Å². The number of rotatable bonds is 2. The van der Waals surface area contributed by atoms with Crippen molar-refractivity contribution in [2.24, 2.45) is 0 Å². The molecule has 2 nitrogen and oxygen atoms in total. The number of hydrogen-bond acceptors (Lipinski definition) is 3. The zero-order chi connectivity index (χ0) is 10.1. The van der Waals surface area contributed by atoms with Gasteiger partial charge >= 0.3 is 0 Å². The lowest BCUT2D eigenvalue weighted by Gasteiger charge is -1.88. The average Bonchev–Trinajstić information content (AvgIpc) is 2.62. The third-order valence-electron chi connectivity index (χ3n) is 1.76. The summed E-state index contributed by atoms with van der Waals surface area (Å²) in [6.07, 6.45) is 1.65. The van der Waals surface area contributed by atoms with E-state index in [1.807, 2.05) is 0 Å². The van der Waals surface area contributed by atoms with E-state index in [1.54, 1.807) is 18.3 Å². The molecule has 0 fully saturated rings. The molecule has 0 unspecified atom stereocenters. The van der Waals surface area contributed by atoms with Crippen LogP contribution in [0.15, 0.2) is 18.3 Å². The number of carbonyl (C=O) groups is 1. The summed E-state index contributed by atoms with van der Waals surface area (Å²) < 4.78 is 1.38. The highest BCUT2D eigenvalue weighted by atomic mass is 127. The van der Waals surface area contributed by atoms with Crippen LogP contribution in [-0.4, -0.2) is 15.2 Å². The summed E-state index contributed by atoms with van der Waals surface area (Å²) in [4.78, 5) is 16.3. The summed E-state index contributed by atoms with van der Waals surface area (Å²) in [5, 5.41) is 0.660. The molecule has 2 aromatic rings. The molecule has 0 aliphatic heterocycles. The maximum absolute atomic E-state index is 11.4. The lowest BCUT2D eigenvalue weighted by molar-refractivity contribution is 0.102. The van der Waals surface area contributed by atoms with E-state index in [2.05, 4.69) is 27.6 Å². The monoisotopic (exact) mass is 337 g/mol. The molecular weight excluding hydrogens is 333 g/mol. The van der Waals surface area contributed by atoms with Crippen molar-refractivity contribution in [2.45, 2.75) is 0 Å². The first kappa shape index (κ1) is 10.3. The molecule has 0 saturated heterocycles. The number of thiophene rings is 1. The van der Waals surface area contributed by atoms with Crippen molar-refractivity contribution in [1.29, 1.82) is 0 Å². The lowest BCUT2D eigenvalue weighted by Crippen LogP contribution is -1.94. The van der Waals surface area contributed by atoms with Crippen LogP contribution in [0, 0.1) is 0 Å². The average molecular weight is 338 g/mol. The van der Waals surface area contributed by atoms with Crippen molar-refractivity contribution in [2.75, 3.05) is 4.43 Å². The molecule has 0 bridgehead atoms. The van der Waals surface area contributed by atoms with Crippen molar-refractivity contribution in [3.05, 3.63) is 28.2 Å². The second-order valence-electron chi connectivity index (χ2n) is 2.67. The zero-order valence-corrected chi connectivity index (χ0v) is 10.7. The van der Waals surface area contributed by atoms with Gasteiger partial charge < -0.3 is 0 Å². The highest BCUT2D eigenvalue weighted by molar-refractivity contribution is 14.1. The van der Waals surface area contributed by atoms with Crippen molar-refractivity contribution < 1.29 is 4.79 Å². The minimum atomic E-state index is 0.129. The number of aromatic nitrogens is 1. The first-order chi connectivity index (χ1) is 6.72. The van der Waals surface area contributed by atoms with Gasteiger partial charge in [-0.2, -0.15) is 0 Å². The summed E-state index contributed by atoms with van der Waals surface area (Å²) in [6.45, 7) is 0. The van der Waals surface area contributed by atoms with Crippen LogP contribution in [0.3, 0.4) is 0 Å². The second kappa shape index (κ2) is 4.12. The van der Waals surface area contributed by atoms with Crippen molar-refractivity contribution in [1.82, 2.24) is 4.98 Å². The Morgan fingerprint density at radius 2 is 2.43 bits per heavy atom. The fourth-order valence-corrected chi connectivity index (χ4v) is 3.01. The summed E-state index contributed by atoms with van der Waals surface area (Å²) in [7, 11) is 0. The van der Waals surface area contributed by atoms with E-state index in [0.717, 1.165) is 15.1 Å². The number of pyridine rings is 1. The van der Waals surface area contributed by atoms with Crippen molar-refractivity contribution >= 4 is 61.5 Å². The predicted molar refractivity (Wildman–Crippen MR) is 67.8 cm³/mol. The lowest BCUT2D eigenvalue weighted by atomic mass is 10.3. The van der Waals surface area contributed by atoms with Crippen LogP contribution in [0.5, 0.6) is 0 Å². The number of Topliss-reactive ketones (excluding diaryl/α,β-unsaturated/α-hetero) is 1. The minimum absolute atomic E-state index is 0.129. The number of nitrogens with zero attached hydrogens (tertiary/aromatic N) is 1. The summed E-state index contributed by atoms with van der Waals surface area (Å²) in [5.74, 6) is 0.129. The first-order valence-corrected chi connectivity index (χ1v) is 6.57. The highest BCUT2D eigenvalue weighted by Crippen LogP contribution is 2.30. The molecule has 0 spiro atoms. The molecular formula is C9H5ClINOS. The molecule has 2 heterocycles. The van der Waals surface area contributed by atoms with Crippen LogP contribution in [0.2, 0.25) is 5.02 Å². The third kappa shape index (κ3) is 1.78. The van der Waals surface area contributed by atoms with E-state index in [9.17, 15) is 4.79 Å². The van der Waals surface area contributed by atoms with Crippen LogP contribution >= 0.6 is 45.5 Å². The van der Waals surface area contributed by atoms with E-state index >= 15 is 0 Å². The molecule has 0 saturated carbocycles. The van der Waals surface area contributed by atoms with E-state index in [1.165, 1.54) is 11.3 Å². The Morgan fingerprint density at radius 3 is 3.07 bits per heavy atom. The second-order valence-corrected chi connectivity index (χ2v) is 4.90. The summed E-state index contributed by atoms with van der Waals surface area (Å²) >= 11 is 9.44. The molecule has 0 aliphatic carbocycles. The van der Waals surface area contributed by atoms with Crippen molar-refractivity contribution in [3.8, 4) is 0 Å². The molecule has 0 amide bonds. The van der Waals surface area contributed by atoms with Gasteiger partial charge in [-0.05, 0) is 12.1 Å². The maximum atomic E-state index is 11.4. The molecule has 14 heavy (non-hydrogen) atoms. The molecule has 0 radical (unpaired) electrons. The molecule has 2 rings (SSSR count). The van der Waals surface area contributed by atoms with Gasteiger partial charge in [0.05, 0.1) is 24.5 Å². The Kier molecular flexibility index (Phi) is 3.04. The standard InChI is InChI=1S/C9H5ClINOS/c10-5-1-2-12-6-3-8(7(13)4-11)14-9(5)6/h1-3H,4H2. The van der Waals surface area contributed by atoms with Gasteiger partial charge in [-0.25, -0.2) is 0 Å². The topological polar surface area (TPSA) is 30.0 Å². The molecule has 0 aliphatic rings. The Bertz CT molecular complexity index is 497. The van der Waals surface area contributed by atoms with Gasteiger partial charge in [0, 0.05) is 6.20 Å². The van der Waals surface area contributed by atoms with Crippen LogP contribution in [0.4, 0.5) is 0 Å². The van der Waals surface area contributed by atoms with Gasteiger partial charge in [-0.1, -0.05) is 34.2 Å². The van der Waals surface area contributed by atoms with Gasteiger partial charge in [0.25, 0.3) is 0 Å². The van der Waals surface area contributed by atoms with E-state index < -0.39 is 0 Å². The van der Waals surface area contributed by atoms with Gasteiger partial charge in [0.1, 0.15) is 0 Å². The zero-order valence-electron chi connectivity index (χ0n) is 6.96. The maximum Gasteiger partial charge on any atom is 0.182 e. The number of hydrogen-bond donors (Lipinski definition) is 0. The quantitative estimate of drug-likeness (QED) is 0.476. The largest absolute Gasteiger partial charge is 0.292 e. The van der Waals surface area contributed by atoms with Crippen LogP contribution in [0.1, 0.15) is 9.67 Å². The number of ketones is 1. The fraction of sp³-hybridized carbons (Fsp3) is 0.111. The molecule has 0 atom stereocenters. The SMILES string of the molecule is O=C(CI)c1cc2nccc(Cl)c2s1. The van der Waals surface area contributed by atoms with Gasteiger partial charge in [0.15, 0.2) is 5.78 Å². The molecule has 0 aromatic carbocycles. The molecule has 72 valence electrons. The number of fused-ring (bicyclic) bond motifs is 1. The van der Waals surface area contributed by atoms with Gasteiger partial charge in [-0.15, -0.1) is 11.3 Å². The predicted octanol–water partition coefficient (Wildman–Crippen LogP) is 3.57. The van der Waals surface area contributed by atoms with Crippen LogP contribution in [-0.2, 0) is 0 Å². The number of alkyl halides is 1. The number of halogens is 2. The fourth-order valence-electron chi connectivity index (χ4n) is 1.11. The first-order valence-electron chi connectivity index (χ1n) is 3.85. The highest BCUT2D eigenvalue weighted by Gasteiger charge is 2.11. The van der Waals surface area contributed by atoms with E-state index in [4.69, 9.17) is 11.6 Å². The summed E-state index contributed by atoms with van der Waals surface area (Å²) in [5.41, 5.74) is 0.802. The number of carbonyl (C=O) groups excluding carboxylic acids is 1. The Morgan fingerprint density at radius 1 is 1.64 bits per heavy atom. The van der Waals surface area contributed by atoms with Crippen LogP contribution < -0.4 is 0 Å². The van der Waals surface area contributed by atoms with Crippen molar-refractivity contribution in [3.63, 3.8) is 0 Å². The van der Waals surface area contributed by atoms with E-state index in [-0.39, 0.29) is 5.78 Å². The minimum Gasteiger partial charge on any atom is -0.292 e. The van der Waals surface area contributed by atoms with Crippen LogP contribution in [0.25, 0.3) is 10.2 Å². The molecule has 2 aromatic heterocycles. The molecule has 0 N–H and O–H groups in total. The van der Waals surface area contributed by atoms with E-state index in [0.29, 0.717) is 9.45 Å². The Labute approximate surface area is 103 Å². The smallest absolute Gasteiger partial charge is 0.182 e. The van der Waals surface area contributed by atoms with Gasteiger partial charge in [0.2, 0.25) is 0 Å². The Balaban J connectivity index is 2.62. The Hall–Kier alpha value is -0.200. The third-order valence-corrected chi connectivity index (χ3v) is 4.08. The molecule has 5 heteroatoms.